The van der Waals surface area contributed by atoms with Crippen LogP contribution in [-0.4, -0.2) is 25.7 Å². The number of nitrogens with one attached hydrogen (secondary N) is 1. The Hall–Kier alpha value is -1.89. The lowest BCUT2D eigenvalue weighted by atomic mass is 9.85. The molecule has 0 radical (unpaired) electrons. The number of rotatable bonds is 6. The van der Waals surface area contributed by atoms with Gasteiger partial charge in [0.1, 0.15) is 11.5 Å². The number of aryl methyl sites for hydroxylation is 1. The van der Waals surface area contributed by atoms with Crippen molar-refractivity contribution < 1.29 is 18.3 Å². The number of hydrogen-bond acceptors (Lipinski definition) is 4. The maximum atomic E-state index is 12.5. The summed E-state index contributed by atoms with van der Waals surface area (Å²) >= 11 is 0. The van der Waals surface area contributed by atoms with Gasteiger partial charge in [-0.3, -0.25) is 0 Å². The van der Waals surface area contributed by atoms with Crippen molar-refractivity contribution in [3.63, 3.8) is 0 Å². The van der Waals surface area contributed by atoms with Gasteiger partial charge in [-0.15, -0.1) is 0 Å². The zero-order valence-corrected chi connectivity index (χ0v) is 15.8. The second-order valence-electron chi connectivity index (χ2n) is 6.95. The Morgan fingerprint density at radius 2 is 1.69 bits per heavy atom. The fraction of sp³-hybridized carbons (Fsp3) is 0.400. The van der Waals surface area contributed by atoms with E-state index in [1.807, 2.05) is 31.2 Å². The third-order valence-electron chi connectivity index (χ3n) is 4.83. The van der Waals surface area contributed by atoms with E-state index in [2.05, 4.69) is 4.72 Å². The SMILES string of the molecule is Cc1ccccc1Oc1ccc(S(=O)(=O)NCC2(O)CCCCC2)cc1. The minimum atomic E-state index is -3.66. The first-order valence-electron chi connectivity index (χ1n) is 8.94. The highest BCUT2D eigenvalue weighted by molar-refractivity contribution is 7.89. The molecule has 0 aliphatic heterocycles. The van der Waals surface area contributed by atoms with Gasteiger partial charge >= 0.3 is 0 Å². The molecule has 2 N–H and O–H groups in total. The summed E-state index contributed by atoms with van der Waals surface area (Å²) in [4.78, 5) is 0.161. The second-order valence-corrected chi connectivity index (χ2v) is 8.72. The van der Waals surface area contributed by atoms with Crippen LogP contribution in [0.4, 0.5) is 0 Å². The van der Waals surface area contributed by atoms with Crippen LogP contribution < -0.4 is 9.46 Å². The molecule has 3 rings (SSSR count). The van der Waals surface area contributed by atoms with Gasteiger partial charge in [-0.25, -0.2) is 13.1 Å². The molecule has 2 aromatic carbocycles. The van der Waals surface area contributed by atoms with Gasteiger partial charge in [0.05, 0.1) is 10.5 Å². The number of benzene rings is 2. The van der Waals surface area contributed by atoms with Crippen molar-refractivity contribution in [2.45, 2.75) is 49.5 Å². The summed E-state index contributed by atoms with van der Waals surface area (Å²) in [6.07, 6.45) is 4.24. The lowest BCUT2D eigenvalue weighted by Gasteiger charge is -2.32. The fourth-order valence-electron chi connectivity index (χ4n) is 3.18. The second kappa shape index (κ2) is 7.78. The van der Waals surface area contributed by atoms with Crippen LogP contribution in [0.3, 0.4) is 0 Å². The molecule has 5 nitrogen and oxygen atoms in total. The van der Waals surface area contributed by atoms with E-state index >= 15 is 0 Å². The third-order valence-corrected chi connectivity index (χ3v) is 6.25. The zero-order valence-electron chi connectivity index (χ0n) is 14.9. The van der Waals surface area contributed by atoms with Crippen molar-refractivity contribution >= 4 is 10.0 Å². The predicted molar refractivity (Wildman–Crippen MR) is 101 cm³/mol. The van der Waals surface area contributed by atoms with Crippen molar-refractivity contribution in [1.29, 1.82) is 0 Å². The first-order valence-corrected chi connectivity index (χ1v) is 10.4. The number of aliphatic hydroxyl groups is 1. The van der Waals surface area contributed by atoms with Gasteiger partial charge in [-0.05, 0) is 55.7 Å². The quantitative estimate of drug-likeness (QED) is 0.806. The molecule has 1 aliphatic carbocycles. The standard InChI is InChI=1S/C20H25NO4S/c1-16-7-3-4-8-19(16)25-17-9-11-18(12-10-17)26(23,24)21-15-20(22)13-5-2-6-14-20/h3-4,7-12,21-22H,2,5-6,13-15H2,1H3. The Morgan fingerprint density at radius 3 is 2.35 bits per heavy atom. The largest absolute Gasteiger partial charge is 0.457 e. The lowest BCUT2D eigenvalue weighted by molar-refractivity contribution is 0.00945. The van der Waals surface area contributed by atoms with Crippen LogP contribution >= 0.6 is 0 Å². The van der Waals surface area contributed by atoms with Crippen LogP contribution in [0.5, 0.6) is 11.5 Å². The molecule has 0 bridgehead atoms. The van der Waals surface area contributed by atoms with E-state index in [-0.39, 0.29) is 11.4 Å². The molecule has 0 aromatic heterocycles. The molecule has 0 spiro atoms. The molecule has 0 heterocycles. The summed E-state index contributed by atoms with van der Waals surface area (Å²) in [5, 5.41) is 10.5. The van der Waals surface area contributed by atoms with Crippen LogP contribution in [0.25, 0.3) is 0 Å². The molecule has 1 aliphatic rings. The highest BCUT2D eigenvalue weighted by Gasteiger charge is 2.30. The van der Waals surface area contributed by atoms with Crippen molar-refractivity contribution in [1.82, 2.24) is 4.72 Å². The monoisotopic (exact) mass is 375 g/mol. The molecule has 1 fully saturated rings. The molecular formula is C20H25NO4S. The molecule has 26 heavy (non-hydrogen) atoms. The summed E-state index contributed by atoms with van der Waals surface area (Å²) in [5.74, 6) is 1.31. The number of ether oxygens (including phenoxy) is 1. The Balaban J connectivity index is 1.66. The smallest absolute Gasteiger partial charge is 0.240 e. The van der Waals surface area contributed by atoms with E-state index in [1.54, 1.807) is 12.1 Å². The average molecular weight is 375 g/mol. The van der Waals surface area contributed by atoms with E-state index in [9.17, 15) is 13.5 Å². The minimum Gasteiger partial charge on any atom is -0.457 e. The van der Waals surface area contributed by atoms with Gasteiger partial charge < -0.3 is 9.84 Å². The van der Waals surface area contributed by atoms with Gasteiger partial charge in [-0.1, -0.05) is 37.5 Å². The van der Waals surface area contributed by atoms with E-state index in [1.165, 1.54) is 12.1 Å². The topological polar surface area (TPSA) is 75.6 Å². The van der Waals surface area contributed by atoms with Crippen LogP contribution in [0, 0.1) is 6.92 Å². The molecule has 140 valence electrons. The van der Waals surface area contributed by atoms with Gasteiger partial charge in [0.15, 0.2) is 0 Å². The third kappa shape index (κ3) is 4.63. The van der Waals surface area contributed by atoms with Gasteiger partial charge in [0, 0.05) is 6.54 Å². The van der Waals surface area contributed by atoms with Crippen LogP contribution in [0.2, 0.25) is 0 Å². The van der Waals surface area contributed by atoms with Crippen molar-refractivity contribution in [2.24, 2.45) is 0 Å². The normalized spacial score (nSPS) is 17.0. The highest BCUT2D eigenvalue weighted by Crippen LogP contribution is 2.28. The minimum absolute atomic E-state index is 0.0524. The summed E-state index contributed by atoms with van der Waals surface area (Å²) in [7, 11) is -3.66. The Labute approximate surface area is 155 Å². The first-order chi connectivity index (χ1) is 12.4. The summed E-state index contributed by atoms with van der Waals surface area (Å²) in [6, 6.07) is 13.9. The van der Waals surface area contributed by atoms with Crippen molar-refractivity contribution in [3.05, 3.63) is 54.1 Å². The Morgan fingerprint density at radius 1 is 1.04 bits per heavy atom. The molecule has 0 atom stereocenters. The van der Waals surface area contributed by atoms with Gasteiger partial charge in [-0.2, -0.15) is 0 Å². The maximum absolute atomic E-state index is 12.5. The van der Waals surface area contributed by atoms with E-state index in [0.29, 0.717) is 18.6 Å². The van der Waals surface area contributed by atoms with Gasteiger partial charge in [0.25, 0.3) is 0 Å². The molecule has 0 saturated heterocycles. The van der Waals surface area contributed by atoms with Gasteiger partial charge in [0.2, 0.25) is 10.0 Å². The summed E-state index contributed by atoms with van der Waals surface area (Å²) in [5.41, 5.74) is 0.0748. The molecule has 0 unspecified atom stereocenters. The zero-order chi connectivity index (χ0) is 18.6. The summed E-state index contributed by atoms with van der Waals surface area (Å²) < 4.78 is 33.3. The number of para-hydroxylation sites is 1. The lowest BCUT2D eigenvalue weighted by Crippen LogP contribution is -2.44. The van der Waals surface area contributed by atoms with Crippen LogP contribution in [0.15, 0.2) is 53.4 Å². The molecule has 2 aromatic rings. The van der Waals surface area contributed by atoms with E-state index < -0.39 is 15.6 Å². The molecule has 1 saturated carbocycles. The van der Waals surface area contributed by atoms with Crippen molar-refractivity contribution in [3.8, 4) is 11.5 Å². The number of hydrogen-bond donors (Lipinski definition) is 2. The highest BCUT2D eigenvalue weighted by atomic mass is 32.2. The first kappa shape index (κ1) is 18.9. The van der Waals surface area contributed by atoms with Crippen LogP contribution in [-0.2, 0) is 10.0 Å². The van der Waals surface area contributed by atoms with Crippen molar-refractivity contribution in [2.75, 3.05) is 6.54 Å². The predicted octanol–water partition coefficient (Wildman–Crippen LogP) is 3.76. The Bertz CT molecular complexity index is 840. The Kier molecular flexibility index (Phi) is 5.65. The number of sulfonamides is 1. The van der Waals surface area contributed by atoms with E-state index in [4.69, 9.17) is 4.74 Å². The molecule has 6 heteroatoms. The summed E-state index contributed by atoms with van der Waals surface area (Å²) in [6.45, 7) is 2.00. The molecular weight excluding hydrogens is 350 g/mol. The van der Waals surface area contributed by atoms with E-state index in [0.717, 1.165) is 30.6 Å². The molecule has 0 amide bonds. The van der Waals surface area contributed by atoms with Crippen LogP contribution in [0.1, 0.15) is 37.7 Å². The maximum Gasteiger partial charge on any atom is 0.240 e. The average Bonchev–Trinajstić information content (AvgIpc) is 2.63. The fourth-order valence-corrected chi connectivity index (χ4v) is 4.30.